The number of nitrogens with zero attached hydrogens (tertiary/aromatic N) is 3. The predicted octanol–water partition coefficient (Wildman–Crippen LogP) is 1.44. The van der Waals surface area contributed by atoms with Gasteiger partial charge in [-0.3, -0.25) is 9.48 Å². The van der Waals surface area contributed by atoms with Crippen LogP contribution >= 0.6 is 0 Å². The number of hydrogen-bond acceptors (Lipinski definition) is 4. The molecule has 1 aromatic carbocycles. The van der Waals surface area contributed by atoms with E-state index in [1.165, 1.54) is 0 Å². The smallest absolute Gasteiger partial charge is 0.227 e. The van der Waals surface area contributed by atoms with Crippen LogP contribution in [0.3, 0.4) is 0 Å². The van der Waals surface area contributed by atoms with Gasteiger partial charge in [-0.15, -0.1) is 0 Å². The number of benzene rings is 1. The number of nitrogens with one attached hydrogen (secondary N) is 1. The lowest BCUT2D eigenvalue weighted by Gasteiger charge is -2.35. The summed E-state index contributed by atoms with van der Waals surface area (Å²) in [4.78, 5) is 17.9. The second kappa shape index (κ2) is 6.28. The molecule has 8 heteroatoms. The molecule has 7 nitrogen and oxygen atoms in total. The van der Waals surface area contributed by atoms with Crippen molar-refractivity contribution in [3.63, 3.8) is 0 Å². The van der Waals surface area contributed by atoms with Crippen molar-refractivity contribution in [3.8, 4) is 0 Å². The molecular formula is C18H20N4O3S. The topological polar surface area (TPSA) is 88.1 Å². The average molecular weight is 372 g/mol. The number of aromatic nitrogens is 3. The third-order valence-corrected chi connectivity index (χ3v) is 6.51. The Kier molecular flexibility index (Phi) is 4.07. The first-order valence-electron chi connectivity index (χ1n) is 8.46. The number of aryl methyl sites for hydroxylation is 1. The van der Waals surface area contributed by atoms with Crippen molar-refractivity contribution in [2.45, 2.75) is 12.5 Å². The summed E-state index contributed by atoms with van der Waals surface area (Å²) in [5.74, 6) is -0.125. The zero-order valence-corrected chi connectivity index (χ0v) is 15.2. The second-order valence-corrected chi connectivity index (χ2v) is 8.93. The highest BCUT2D eigenvalue weighted by molar-refractivity contribution is 7.91. The van der Waals surface area contributed by atoms with Crippen LogP contribution in [-0.2, 0) is 28.1 Å². The molecule has 1 atom stereocenters. The number of H-pyrrole nitrogens is 1. The van der Waals surface area contributed by atoms with Gasteiger partial charge < -0.3 is 9.88 Å². The molecule has 1 N–H and O–H groups in total. The van der Waals surface area contributed by atoms with E-state index in [-0.39, 0.29) is 30.4 Å². The van der Waals surface area contributed by atoms with E-state index in [1.54, 1.807) is 29.0 Å². The normalized spacial score (nSPS) is 19.7. The lowest BCUT2D eigenvalue weighted by atomic mass is 10.1. The van der Waals surface area contributed by atoms with Gasteiger partial charge in [0.1, 0.15) is 0 Å². The summed E-state index contributed by atoms with van der Waals surface area (Å²) in [6.07, 6.45) is 5.50. The van der Waals surface area contributed by atoms with Crippen molar-refractivity contribution in [2.75, 3.05) is 18.1 Å². The van der Waals surface area contributed by atoms with E-state index in [1.807, 2.05) is 30.5 Å². The van der Waals surface area contributed by atoms with Crippen molar-refractivity contribution >= 4 is 26.6 Å². The Bertz CT molecular complexity index is 1070. The lowest BCUT2D eigenvalue weighted by Crippen LogP contribution is -2.46. The molecule has 0 unspecified atom stereocenters. The molecule has 1 amide bonds. The highest BCUT2D eigenvalue weighted by atomic mass is 32.2. The maximum absolute atomic E-state index is 13.0. The average Bonchev–Trinajstić information content (AvgIpc) is 3.21. The second-order valence-electron chi connectivity index (χ2n) is 6.70. The van der Waals surface area contributed by atoms with Gasteiger partial charge in [-0.2, -0.15) is 5.10 Å². The zero-order valence-electron chi connectivity index (χ0n) is 14.4. The Morgan fingerprint density at radius 1 is 1.35 bits per heavy atom. The van der Waals surface area contributed by atoms with Gasteiger partial charge in [0.15, 0.2) is 9.84 Å². The molecular weight excluding hydrogens is 352 g/mol. The molecule has 3 aromatic rings. The number of hydrogen-bond donors (Lipinski definition) is 1. The van der Waals surface area contributed by atoms with Crippen LogP contribution in [0.15, 0.2) is 42.9 Å². The molecule has 0 aliphatic carbocycles. The number of sulfone groups is 1. The van der Waals surface area contributed by atoms with Crippen LogP contribution < -0.4 is 0 Å². The number of para-hydroxylation sites is 1. The molecule has 1 aliphatic heterocycles. The number of aromatic amines is 1. The molecule has 0 saturated carbocycles. The van der Waals surface area contributed by atoms with Gasteiger partial charge in [0.2, 0.25) is 5.91 Å². The molecule has 1 saturated heterocycles. The van der Waals surface area contributed by atoms with Crippen molar-refractivity contribution in [1.29, 1.82) is 0 Å². The molecule has 4 rings (SSSR count). The highest BCUT2D eigenvalue weighted by Crippen LogP contribution is 2.28. The number of fused-ring (bicyclic) bond motifs is 1. The number of amides is 1. The molecule has 0 spiro atoms. The summed E-state index contributed by atoms with van der Waals surface area (Å²) in [5, 5.41) is 5.15. The van der Waals surface area contributed by atoms with Gasteiger partial charge in [0.05, 0.1) is 30.2 Å². The van der Waals surface area contributed by atoms with E-state index in [0.717, 1.165) is 22.0 Å². The van der Waals surface area contributed by atoms with Crippen molar-refractivity contribution in [3.05, 3.63) is 54.0 Å². The van der Waals surface area contributed by atoms with Crippen LogP contribution in [0.1, 0.15) is 17.2 Å². The molecule has 1 aliphatic rings. The zero-order chi connectivity index (χ0) is 18.3. The number of carbonyl (C=O) groups excluding carboxylic acids is 1. The Hall–Kier alpha value is -2.61. The third-order valence-electron chi connectivity index (χ3n) is 4.88. The summed E-state index contributed by atoms with van der Waals surface area (Å²) in [7, 11) is -1.39. The summed E-state index contributed by atoms with van der Waals surface area (Å²) in [5.41, 5.74) is 2.66. The molecule has 0 bridgehead atoms. The minimum absolute atomic E-state index is 0.00336. The molecule has 1 fully saturated rings. The first kappa shape index (κ1) is 16.8. The Morgan fingerprint density at radius 2 is 2.15 bits per heavy atom. The van der Waals surface area contributed by atoms with E-state index in [0.29, 0.717) is 0 Å². The standard InChI is InChI=1S/C18H20N4O3S/c1-21-11-14(10-20-21)17-12-26(24,25)7-6-22(17)18(23)8-13-9-19-16-5-3-2-4-15(13)16/h2-5,9-11,17,19H,6-8,12H2,1H3/t17-/m0/s1. The Labute approximate surface area is 151 Å². The largest absolute Gasteiger partial charge is 0.361 e. The van der Waals surface area contributed by atoms with Crippen LogP contribution in [-0.4, -0.2) is 52.0 Å². The molecule has 136 valence electrons. The van der Waals surface area contributed by atoms with Crippen molar-refractivity contribution < 1.29 is 13.2 Å². The van der Waals surface area contributed by atoms with Crippen LogP contribution in [0.2, 0.25) is 0 Å². The predicted molar refractivity (Wildman–Crippen MR) is 98.3 cm³/mol. The van der Waals surface area contributed by atoms with Crippen molar-refractivity contribution in [1.82, 2.24) is 19.7 Å². The van der Waals surface area contributed by atoms with Crippen LogP contribution in [0.25, 0.3) is 10.9 Å². The van der Waals surface area contributed by atoms with E-state index in [9.17, 15) is 13.2 Å². The van der Waals surface area contributed by atoms with Gasteiger partial charge in [0.25, 0.3) is 0 Å². The van der Waals surface area contributed by atoms with Crippen LogP contribution in [0.5, 0.6) is 0 Å². The minimum atomic E-state index is -3.17. The van der Waals surface area contributed by atoms with Gasteiger partial charge in [-0.1, -0.05) is 18.2 Å². The fourth-order valence-electron chi connectivity index (χ4n) is 3.54. The van der Waals surface area contributed by atoms with Crippen LogP contribution in [0, 0.1) is 0 Å². The summed E-state index contributed by atoms with van der Waals surface area (Å²) < 4.78 is 25.9. The Morgan fingerprint density at radius 3 is 2.92 bits per heavy atom. The number of carbonyl (C=O) groups is 1. The molecule has 3 heterocycles. The van der Waals surface area contributed by atoms with Crippen LogP contribution in [0.4, 0.5) is 0 Å². The fraction of sp³-hybridized carbons (Fsp3) is 0.333. The number of rotatable bonds is 3. The van der Waals surface area contributed by atoms with Gasteiger partial charge in [-0.05, 0) is 11.6 Å². The van der Waals surface area contributed by atoms with E-state index >= 15 is 0 Å². The van der Waals surface area contributed by atoms with Gasteiger partial charge in [0, 0.05) is 42.5 Å². The lowest BCUT2D eigenvalue weighted by molar-refractivity contribution is -0.132. The molecule has 0 radical (unpaired) electrons. The minimum Gasteiger partial charge on any atom is -0.361 e. The molecule has 2 aromatic heterocycles. The first-order chi connectivity index (χ1) is 12.4. The summed E-state index contributed by atoms with van der Waals surface area (Å²) in [6.45, 7) is 0.211. The van der Waals surface area contributed by atoms with Gasteiger partial charge in [-0.25, -0.2) is 8.42 Å². The maximum Gasteiger partial charge on any atom is 0.227 e. The maximum atomic E-state index is 13.0. The van der Waals surface area contributed by atoms with Crippen molar-refractivity contribution in [2.24, 2.45) is 7.05 Å². The summed E-state index contributed by atoms with van der Waals surface area (Å²) in [6, 6.07) is 7.34. The summed E-state index contributed by atoms with van der Waals surface area (Å²) >= 11 is 0. The first-order valence-corrected chi connectivity index (χ1v) is 10.3. The van der Waals surface area contributed by atoms with Gasteiger partial charge >= 0.3 is 0 Å². The van der Waals surface area contributed by atoms with E-state index < -0.39 is 15.9 Å². The fourth-order valence-corrected chi connectivity index (χ4v) is 5.03. The monoisotopic (exact) mass is 372 g/mol. The SMILES string of the molecule is Cn1cc([C@@H]2CS(=O)(=O)CCN2C(=O)Cc2c[nH]c3ccccc23)cn1. The molecule has 26 heavy (non-hydrogen) atoms. The van der Waals surface area contributed by atoms with E-state index in [4.69, 9.17) is 0 Å². The third kappa shape index (κ3) is 3.12. The van der Waals surface area contributed by atoms with E-state index in [2.05, 4.69) is 10.1 Å². The highest BCUT2D eigenvalue weighted by Gasteiger charge is 2.35. The quantitative estimate of drug-likeness (QED) is 0.754. The Balaban J connectivity index is 1.62.